The van der Waals surface area contributed by atoms with E-state index in [0.29, 0.717) is 0 Å². The normalized spacial score (nSPS) is 44.2. The van der Waals surface area contributed by atoms with Gasteiger partial charge in [0.05, 0.1) is 0 Å². The second kappa shape index (κ2) is 7.62. The Kier molecular flexibility index (Phi) is 5.79. The van der Waals surface area contributed by atoms with Crippen molar-refractivity contribution in [1.82, 2.24) is 0 Å². The molecule has 0 aromatic carbocycles. The van der Waals surface area contributed by atoms with Crippen molar-refractivity contribution in [3.63, 3.8) is 0 Å². The molecule has 3 aliphatic rings. The molecule has 0 nitrogen and oxygen atoms in total. The van der Waals surface area contributed by atoms with Crippen LogP contribution in [0.2, 0.25) is 0 Å². The minimum Gasteiger partial charge on any atom is -0.210 e. The van der Waals surface area contributed by atoms with Crippen molar-refractivity contribution in [3.05, 3.63) is 0 Å². The molecule has 0 spiro atoms. The Morgan fingerprint density at radius 2 is 0.864 bits per heavy atom. The molecule has 3 fully saturated rings. The molecule has 0 N–H and O–H groups in total. The SMILES string of the molecule is CC1CCC(C2CCC(C3CCC(C(F)F)CC3)CC2)CC1. The van der Waals surface area contributed by atoms with Crippen molar-refractivity contribution in [1.29, 1.82) is 0 Å². The predicted molar refractivity (Wildman–Crippen MR) is 88.0 cm³/mol. The molecular formula is C20H34F2. The van der Waals surface area contributed by atoms with Gasteiger partial charge in [0.1, 0.15) is 0 Å². The molecule has 3 saturated carbocycles. The number of hydrogen-bond acceptors (Lipinski definition) is 0. The van der Waals surface area contributed by atoms with Gasteiger partial charge in [-0.25, -0.2) is 8.78 Å². The molecule has 128 valence electrons. The summed E-state index contributed by atoms with van der Waals surface area (Å²) >= 11 is 0. The summed E-state index contributed by atoms with van der Waals surface area (Å²) in [5.74, 6) is 4.28. The van der Waals surface area contributed by atoms with E-state index in [1.807, 2.05) is 0 Å². The van der Waals surface area contributed by atoms with E-state index < -0.39 is 6.43 Å². The molecule has 0 heterocycles. The van der Waals surface area contributed by atoms with Crippen LogP contribution in [0.25, 0.3) is 0 Å². The van der Waals surface area contributed by atoms with Crippen molar-refractivity contribution in [2.45, 2.75) is 90.4 Å². The average Bonchev–Trinajstić information content (AvgIpc) is 2.56. The molecule has 0 aliphatic heterocycles. The summed E-state index contributed by atoms with van der Waals surface area (Å²) in [4.78, 5) is 0. The fourth-order valence-corrected chi connectivity index (χ4v) is 5.71. The third kappa shape index (κ3) is 4.03. The topological polar surface area (TPSA) is 0 Å². The number of rotatable bonds is 3. The van der Waals surface area contributed by atoms with Crippen LogP contribution in [-0.2, 0) is 0 Å². The molecule has 0 aromatic rings. The van der Waals surface area contributed by atoms with E-state index in [2.05, 4.69) is 6.92 Å². The number of alkyl halides is 2. The lowest BCUT2D eigenvalue weighted by Crippen LogP contribution is -2.30. The molecule has 0 saturated heterocycles. The maximum absolute atomic E-state index is 12.8. The number of hydrogen-bond donors (Lipinski definition) is 0. The van der Waals surface area contributed by atoms with Gasteiger partial charge < -0.3 is 0 Å². The lowest BCUT2D eigenvalue weighted by molar-refractivity contribution is 0.0315. The Morgan fingerprint density at radius 3 is 1.23 bits per heavy atom. The zero-order valence-electron chi connectivity index (χ0n) is 14.3. The van der Waals surface area contributed by atoms with E-state index in [1.54, 1.807) is 0 Å². The van der Waals surface area contributed by atoms with Gasteiger partial charge in [0, 0.05) is 5.92 Å². The Balaban J connectivity index is 1.40. The first kappa shape index (κ1) is 16.7. The standard InChI is InChI=1S/C20H34F2/c1-14-2-4-15(5-3-14)16-6-8-17(9-7-16)18-10-12-19(13-11-18)20(21)22/h14-20H,2-13H2,1H3. The van der Waals surface area contributed by atoms with Crippen LogP contribution in [0.1, 0.15) is 84.0 Å². The van der Waals surface area contributed by atoms with E-state index in [-0.39, 0.29) is 5.92 Å². The van der Waals surface area contributed by atoms with Crippen molar-refractivity contribution in [2.24, 2.45) is 35.5 Å². The van der Waals surface area contributed by atoms with E-state index in [4.69, 9.17) is 0 Å². The van der Waals surface area contributed by atoms with E-state index in [9.17, 15) is 8.78 Å². The highest BCUT2D eigenvalue weighted by Crippen LogP contribution is 2.46. The summed E-state index contributed by atoms with van der Waals surface area (Å²) in [6.07, 6.45) is 13.1. The second-order valence-electron chi connectivity index (χ2n) is 8.70. The summed E-state index contributed by atoms with van der Waals surface area (Å²) in [5, 5.41) is 0. The van der Waals surface area contributed by atoms with Gasteiger partial charge in [-0.05, 0) is 93.8 Å². The summed E-state index contributed by atoms with van der Waals surface area (Å²) in [6, 6.07) is 0. The molecule has 3 aliphatic carbocycles. The van der Waals surface area contributed by atoms with Crippen LogP contribution in [0.15, 0.2) is 0 Å². The molecule has 3 rings (SSSR count). The first-order chi connectivity index (χ1) is 10.6. The second-order valence-corrected chi connectivity index (χ2v) is 8.70. The van der Waals surface area contributed by atoms with Crippen LogP contribution in [-0.4, -0.2) is 6.43 Å². The summed E-state index contributed by atoms with van der Waals surface area (Å²) in [6.45, 7) is 2.41. The number of halogens is 2. The van der Waals surface area contributed by atoms with Crippen molar-refractivity contribution >= 4 is 0 Å². The molecule has 0 aromatic heterocycles. The van der Waals surface area contributed by atoms with Gasteiger partial charge in [0.2, 0.25) is 6.43 Å². The highest BCUT2D eigenvalue weighted by molar-refractivity contribution is 4.85. The molecular weight excluding hydrogens is 278 g/mol. The Morgan fingerprint density at radius 1 is 0.545 bits per heavy atom. The van der Waals surface area contributed by atoms with E-state index >= 15 is 0 Å². The first-order valence-electron chi connectivity index (χ1n) is 9.91. The van der Waals surface area contributed by atoms with Gasteiger partial charge in [-0.1, -0.05) is 19.8 Å². The fraction of sp³-hybridized carbons (Fsp3) is 1.00. The van der Waals surface area contributed by atoms with Gasteiger partial charge in [-0.3, -0.25) is 0 Å². The molecule has 0 bridgehead atoms. The summed E-state index contributed by atoms with van der Waals surface area (Å²) in [5.41, 5.74) is 0. The molecule has 0 unspecified atom stereocenters. The maximum Gasteiger partial charge on any atom is 0.241 e. The molecule has 0 amide bonds. The largest absolute Gasteiger partial charge is 0.241 e. The monoisotopic (exact) mass is 312 g/mol. The Labute approximate surface area is 135 Å². The third-order valence-corrected chi connectivity index (χ3v) is 7.38. The minimum atomic E-state index is -2.08. The van der Waals surface area contributed by atoms with Crippen LogP contribution in [0.4, 0.5) is 8.78 Å². The third-order valence-electron chi connectivity index (χ3n) is 7.38. The van der Waals surface area contributed by atoms with Crippen LogP contribution < -0.4 is 0 Å². The molecule has 2 heteroatoms. The fourth-order valence-electron chi connectivity index (χ4n) is 5.71. The minimum absolute atomic E-state index is 0.295. The summed E-state index contributed by atoms with van der Waals surface area (Å²) < 4.78 is 25.5. The van der Waals surface area contributed by atoms with Gasteiger partial charge >= 0.3 is 0 Å². The van der Waals surface area contributed by atoms with E-state index in [1.165, 1.54) is 51.4 Å². The lowest BCUT2D eigenvalue weighted by atomic mass is 9.65. The van der Waals surface area contributed by atoms with Gasteiger partial charge in [0.15, 0.2) is 0 Å². The zero-order chi connectivity index (χ0) is 15.5. The first-order valence-corrected chi connectivity index (χ1v) is 9.91. The van der Waals surface area contributed by atoms with Gasteiger partial charge in [0.25, 0.3) is 0 Å². The highest BCUT2D eigenvalue weighted by atomic mass is 19.3. The molecule has 22 heavy (non-hydrogen) atoms. The van der Waals surface area contributed by atoms with Gasteiger partial charge in [-0.15, -0.1) is 0 Å². The predicted octanol–water partition coefficient (Wildman–Crippen LogP) is 6.69. The van der Waals surface area contributed by atoms with Crippen molar-refractivity contribution < 1.29 is 8.78 Å². The maximum atomic E-state index is 12.8. The van der Waals surface area contributed by atoms with E-state index in [0.717, 1.165) is 55.3 Å². The smallest absolute Gasteiger partial charge is 0.210 e. The lowest BCUT2D eigenvalue weighted by Gasteiger charge is -2.41. The summed E-state index contributed by atoms with van der Waals surface area (Å²) in [7, 11) is 0. The van der Waals surface area contributed by atoms with Crippen molar-refractivity contribution in [3.8, 4) is 0 Å². The molecule has 0 atom stereocenters. The van der Waals surface area contributed by atoms with Crippen LogP contribution in [0, 0.1) is 35.5 Å². The molecule has 0 radical (unpaired) electrons. The van der Waals surface area contributed by atoms with Crippen molar-refractivity contribution in [2.75, 3.05) is 0 Å². The Bertz CT molecular complexity index is 317. The Hall–Kier alpha value is -0.140. The highest BCUT2D eigenvalue weighted by Gasteiger charge is 2.35. The van der Waals surface area contributed by atoms with Crippen LogP contribution >= 0.6 is 0 Å². The zero-order valence-corrected chi connectivity index (χ0v) is 14.3. The quantitative estimate of drug-likeness (QED) is 0.544. The average molecular weight is 312 g/mol. The van der Waals surface area contributed by atoms with Gasteiger partial charge in [-0.2, -0.15) is 0 Å². The van der Waals surface area contributed by atoms with Crippen LogP contribution in [0.3, 0.4) is 0 Å². The van der Waals surface area contributed by atoms with Crippen LogP contribution in [0.5, 0.6) is 0 Å².